The zero-order valence-corrected chi connectivity index (χ0v) is 13.2. The molecule has 0 spiro atoms. The summed E-state index contributed by atoms with van der Waals surface area (Å²) < 4.78 is 5.12. The van der Waals surface area contributed by atoms with E-state index in [0.29, 0.717) is 11.9 Å². The predicted molar refractivity (Wildman–Crippen MR) is 86.7 cm³/mol. The first kappa shape index (κ1) is 15.4. The van der Waals surface area contributed by atoms with E-state index < -0.39 is 0 Å². The molecule has 2 rings (SSSR count). The summed E-state index contributed by atoms with van der Waals surface area (Å²) in [7, 11) is 1.54. The van der Waals surface area contributed by atoms with Crippen LogP contribution in [0.5, 0.6) is 6.01 Å². The van der Waals surface area contributed by atoms with Crippen molar-refractivity contribution >= 4 is 29.3 Å². The molecule has 7 heteroatoms. The van der Waals surface area contributed by atoms with Crippen molar-refractivity contribution in [1.29, 1.82) is 0 Å². The lowest BCUT2D eigenvalue weighted by molar-refractivity contribution is 0.379. The third-order valence-corrected chi connectivity index (χ3v) is 3.48. The molecule has 0 aliphatic heterocycles. The molecule has 0 aliphatic carbocycles. The highest BCUT2D eigenvalue weighted by atomic mass is 32.2. The zero-order valence-electron chi connectivity index (χ0n) is 12.4. The number of thioether (sulfide) groups is 1. The van der Waals surface area contributed by atoms with Crippen molar-refractivity contribution in [3.05, 3.63) is 24.3 Å². The smallest absolute Gasteiger partial charge is 0.322 e. The number of hydrogen-bond donors (Lipinski definition) is 2. The molecule has 0 amide bonds. The topological polar surface area (TPSA) is 72.0 Å². The maximum absolute atomic E-state index is 5.12. The third kappa shape index (κ3) is 4.22. The first-order valence-corrected chi connectivity index (χ1v) is 7.93. The van der Waals surface area contributed by atoms with E-state index in [4.69, 9.17) is 4.74 Å². The van der Waals surface area contributed by atoms with Crippen LogP contribution < -0.4 is 15.4 Å². The van der Waals surface area contributed by atoms with Crippen LogP contribution in [0.3, 0.4) is 0 Å². The normalized spacial score (nSPS) is 10.2. The zero-order chi connectivity index (χ0) is 15.1. The van der Waals surface area contributed by atoms with Gasteiger partial charge in [0.15, 0.2) is 0 Å². The molecule has 0 atom stereocenters. The fourth-order valence-electron chi connectivity index (χ4n) is 1.69. The van der Waals surface area contributed by atoms with Crippen LogP contribution in [0.15, 0.2) is 29.2 Å². The number of rotatable bonds is 7. The van der Waals surface area contributed by atoms with Crippen molar-refractivity contribution in [3.63, 3.8) is 0 Å². The van der Waals surface area contributed by atoms with Crippen LogP contribution in [0, 0.1) is 0 Å². The van der Waals surface area contributed by atoms with E-state index in [1.165, 1.54) is 0 Å². The number of hydrogen-bond acceptors (Lipinski definition) is 7. The monoisotopic (exact) mass is 305 g/mol. The summed E-state index contributed by atoms with van der Waals surface area (Å²) in [5, 5.41) is 6.35. The Bertz CT molecular complexity index is 593. The molecule has 0 saturated heterocycles. The van der Waals surface area contributed by atoms with Gasteiger partial charge in [0, 0.05) is 11.4 Å². The van der Waals surface area contributed by atoms with Gasteiger partial charge in [0.25, 0.3) is 0 Å². The van der Waals surface area contributed by atoms with E-state index in [1.807, 2.05) is 30.5 Å². The van der Waals surface area contributed by atoms with Gasteiger partial charge in [-0.05, 0) is 24.8 Å². The highest BCUT2D eigenvalue weighted by Crippen LogP contribution is 2.27. The van der Waals surface area contributed by atoms with Crippen LogP contribution in [0.4, 0.5) is 17.6 Å². The Kier molecular flexibility index (Phi) is 5.62. The van der Waals surface area contributed by atoms with Gasteiger partial charge in [-0.1, -0.05) is 19.1 Å². The summed E-state index contributed by atoms with van der Waals surface area (Å²) in [5.74, 6) is 0.967. The highest BCUT2D eigenvalue weighted by molar-refractivity contribution is 7.98. The van der Waals surface area contributed by atoms with E-state index in [0.717, 1.165) is 23.5 Å². The molecular formula is C14H19N5OS. The van der Waals surface area contributed by atoms with Gasteiger partial charge in [0.2, 0.25) is 11.9 Å². The van der Waals surface area contributed by atoms with Crippen LogP contribution in [0.2, 0.25) is 0 Å². The van der Waals surface area contributed by atoms with Crippen molar-refractivity contribution in [2.45, 2.75) is 18.2 Å². The first-order chi connectivity index (χ1) is 10.3. The number of methoxy groups -OCH3 is 1. The van der Waals surface area contributed by atoms with Crippen LogP contribution in [-0.2, 0) is 0 Å². The number of anilines is 3. The molecule has 0 aliphatic rings. The van der Waals surface area contributed by atoms with E-state index in [1.54, 1.807) is 18.9 Å². The van der Waals surface area contributed by atoms with Gasteiger partial charge in [-0.3, -0.25) is 0 Å². The predicted octanol–water partition coefficient (Wildman–Crippen LogP) is 3.17. The van der Waals surface area contributed by atoms with Crippen molar-refractivity contribution in [2.24, 2.45) is 0 Å². The number of para-hydroxylation sites is 1. The molecule has 1 aromatic heterocycles. The number of benzene rings is 1. The Morgan fingerprint density at radius 2 is 1.90 bits per heavy atom. The fraction of sp³-hybridized carbons (Fsp3) is 0.357. The minimum Gasteiger partial charge on any atom is -0.467 e. The standard InChI is InChI=1S/C14H19N5OS/c1-4-9-15-12-17-13(19-14(18-12)20-2)16-10-7-5-6-8-11(10)21-3/h5-8H,4,9H2,1-3H3,(H2,15,16,17,18,19). The lowest BCUT2D eigenvalue weighted by Crippen LogP contribution is -2.09. The second-order valence-corrected chi connectivity index (χ2v) is 5.07. The molecule has 0 radical (unpaired) electrons. The maximum atomic E-state index is 5.12. The molecule has 0 unspecified atom stereocenters. The van der Waals surface area contributed by atoms with Gasteiger partial charge in [0.1, 0.15) is 0 Å². The molecule has 6 nitrogen and oxygen atoms in total. The summed E-state index contributed by atoms with van der Waals surface area (Å²) in [4.78, 5) is 13.9. The van der Waals surface area contributed by atoms with E-state index in [9.17, 15) is 0 Å². The summed E-state index contributed by atoms with van der Waals surface area (Å²) >= 11 is 1.66. The second kappa shape index (κ2) is 7.68. The third-order valence-electron chi connectivity index (χ3n) is 2.68. The molecule has 0 fully saturated rings. The minimum absolute atomic E-state index is 0.285. The number of aromatic nitrogens is 3. The van der Waals surface area contributed by atoms with E-state index >= 15 is 0 Å². The molecule has 1 aromatic carbocycles. The van der Waals surface area contributed by atoms with E-state index in [-0.39, 0.29) is 6.01 Å². The van der Waals surface area contributed by atoms with Crippen molar-refractivity contribution in [1.82, 2.24) is 15.0 Å². The van der Waals surface area contributed by atoms with Gasteiger partial charge in [-0.15, -0.1) is 11.8 Å². The molecule has 112 valence electrons. The number of ether oxygens (including phenoxy) is 1. The van der Waals surface area contributed by atoms with Gasteiger partial charge < -0.3 is 15.4 Å². The summed E-state index contributed by atoms with van der Waals surface area (Å²) in [6, 6.07) is 8.28. The Morgan fingerprint density at radius 3 is 2.62 bits per heavy atom. The van der Waals surface area contributed by atoms with Gasteiger partial charge in [0.05, 0.1) is 12.8 Å². The molecule has 21 heavy (non-hydrogen) atoms. The average molecular weight is 305 g/mol. The first-order valence-electron chi connectivity index (χ1n) is 6.70. The minimum atomic E-state index is 0.285. The molecule has 2 N–H and O–H groups in total. The lowest BCUT2D eigenvalue weighted by Gasteiger charge is -2.11. The molecule has 2 aromatic rings. The molecule has 0 bridgehead atoms. The summed E-state index contributed by atoms with van der Waals surface area (Å²) in [6.07, 6.45) is 3.02. The van der Waals surface area contributed by atoms with E-state index in [2.05, 4.69) is 32.5 Å². The Labute approximate surface area is 128 Å². The second-order valence-electron chi connectivity index (χ2n) is 4.22. The maximum Gasteiger partial charge on any atom is 0.322 e. The summed E-state index contributed by atoms with van der Waals surface area (Å²) in [5.41, 5.74) is 0.958. The lowest BCUT2D eigenvalue weighted by atomic mass is 10.3. The van der Waals surface area contributed by atoms with Gasteiger partial charge in [-0.2, -0.15) is 15.0 Å². The Hall–Kier alpha value is -2.02. The number of nitrogens with one attached hydrogen (secondary N) is 2. The summed E-state index contributed by atoms with van der Waals surface area (Å²) in [6.45, 7) is 2.88. The van der Waals surface area contributed by atoms with Crippen molar-refractivity contribution < 1.29 is 4.74 Å². The van der Waals surface area contributed by atoms with Crippen LogP contribution >= 0.6 is 11.8 Å². The van der Waals surface area contributed by atoms with Crippen LogP contribution in [-0.4, -0.2) is 34.9 Å². The van der Waals surface area contributed by atoms with Crippen molar-refractivity contribution in [3.8, 4) is 6.01 Å². The molecular weight excluding hydrogens is 286 g/mol. The average Bonchev–Trinajstić information content (AvgIpc) is 2.53. The van der Waals surface area contributed by atoms with Crippen molar-refractivity contribution in [2.75, 3.05) is 30.5 Å². The SMILES string of the molecule is CCCNc1nc(Nc2ccccc2SC)nc(OC)n1. The van der Waals surface area contributed by atoms with Crippen LogP contribution in [0.1, 0.15) is 13.3 Å². The van der Waals surface area contributed by atoms with Gasteiger partial charge >= 0.3 is 6.01 Å². The Morgan fingerprint density at radius 1 is 1.14 bits per heavy atom. The largest absolute Gasteiger partial charge is 0.467 e. The molecule has 0 saturated carbocycles. The fourth-order valence-corrected chi connectivity index (χ4v) is 2.24. The highest BCUT2D eigenvalue weighted by Gasteiger charge is 2.08. The Balaban J connectivity index is 2.25. The van der Waals surface area contributed by atoms with Crippen LogP contribution in [0.25, 0.3) is 0 Å². The quantitative estimate of drug-likeness (QED) is 0.761. The van der Waals surface area contributed by atoms with Gasteiger partial charge in [-0.25, -0.2) is 0 Å². The number of nitrogens with zero attached hydrogens (tertiary/aromatic N) is 3. The molecule has 1 heterocycles.